The Labute approximate surface area is 125 Å². The van der Waals surface area contributed by atoms with Crippen LogP contribution in [0.15, 0.2) is 12.4 Å². The summed E-state index contributed by atoms with van der Waals surface area (Å²) in [4.78, 5) is 13.5. The van der Waals surface area contributed by atoms with Gasteiger partial charge in [-0.15, -0.1) is 11.6 Å². The molecular formula is C14H23ClN4O. The van der Waals surface area contributed by atoms with E-state index >= 15 is 0 Å². The Kier molecular flexibility index (Phi) is 5.86. The fourth-order valence-electron chi connectivity index (χ4n) is 2.33. The maximum Gasteiger partial charge on any atom is 0.234 e. The molecule has 1 aliphatic heterocycles. The van der Waals surface area contributed by atoms with Crippen LogP contribution in [-0.2, 0) is 0 Å². The van der Waals surface area contributed by atoms with E-state index in [0.717, 1.165) is 45.0 Å². The molecule has 5 nitrogen and oxygen atoms in total. The van der Waals surface area contributed by atoms with Crippen LogP contribution in [0.1, 0.15) is 20.3 Å². The third-order valence-electron chi connectivity index (χ3n) is 3.27. The number of hydrogen-bond acceptors (Lipinski definition) is 5. The van der Waals surface area contributed by atoms with Crippen molar-refractivity contribution in [1.29, 1.82) is 0 Å². The lowest BCUT2D eigenvalue weighted by atomic mass is 10.4. The van der Waals surface area contributed by atoms with E-state index < -0.39 is 0 Å². The first-order chi connectivity index (χ1) is 9.69. The summed E-state index contributed by atoms with van der Waals surface area (Å²) in [5, 5.41) is 0. The summed E-state index contributed by atoms with van der Waals surface area (Å²) in [6.07, 6.45) is 4.71. The van der Waals surface area contributed by atoms with Crippen molar-refractivity contribution in [1.82, 2.24) is 14.9 Å². The molecule has 0 bridgehead atoms. The van der Waals surface area contributed by atoms with E-state index in [2.05, 4.69) is 19.8 Å². The predicted octanol–water partition coefficient (Wildman–Crippen LogP) is 2.01. The monoisotopic (exact) mass is 298 g/mol. The van der Waals surface area contributed by atoms with Crippen LogP contribution in [0.3, 0.4) is 0 Å². The highest BCUT2D eigenvalue weighted by Gasteiger charge is 2.16. The highest BCUT2D eigenvalue weighted by Crippen LogP contribution is 2.17. The van der Waals surface area contributed by atoms with E-state index in [1.807, 2.05) is 20.0 Å². The highest BCUT2D eigenvalue weighted by molar-refractivity contribution is 6.18. The molecule has 0 atom stereocenters. The third kappa shape index (κ3) is 4.49. The predicted molar refractivity (Wildman–Crippen MR) is 81.8 cm³/mol. The van der Waals surface area contributed by atoms with Crippen molar-refractivity contribution >= 4 is 17.4 Å². The summed E-state index contributed by atoms with van der Waals surface area (Å²) in [5.41, 5.74) is 0. The van der Waals surface area contributed by atoms with Crippen LogP contribution in [0.2, 0.25) is 0 Å². The lowest BCUT2D eigenvalue weighted by molar-refractivity contribution is 0.231. The topological polar surface area (TPSA) is 41.5 Å². The summed E-state index contributed by atoms with van der Waals surface area (Å²) in [7, 11) is 0. The van der Waals surface area contributed by atoms with Gasteiger partial charge in [0.15, 0.2) is 5.82 Å². The van der Waals surface area contributed by atoms with E-state index in [9.17, 15) is 0 Å². The lowest BCUT2D eigenvalue weighted by Crippen LogP contribution is -2.32. The minimum absolute atomic E-state index is 0.114. The minimum Gasteiger partial charge on any atom is -0.474 e. The molecule has 20 heavy (non-hydrogen) atoms. The molecule has 1 saturated heterocycles. The van der Waals surface area contributed by atoms with Gasteiger partial charge in [0.25, 0.3) is 0 Å². The summed E-state index contributed by atoms with van der Waals surface area (Å²) >= 11 is 5.82. The van der Waals surface area contributed by atoms with Crippen molar-refractivity contribution in [2.45, 2.75) is 26.4 Å². The fourth-order valence-corrected chi connectivity index (χ4v) is 2.57. The molecule has 6 heteroatoms. The number of aromatic nitrogens is 2. The van der Waals surface area contributed by atoms with Crippen molar-refractivity contribution in [3.63, 3.8) is 0 Å². The first-order valence-corrected chi connectivity index (χ1v) is 7.74. The third-order valence-corrected chi connectivity index (χ3v) is 3.44. The van der Waals surface area contributed by atoms with E-state index in [1.165, 1.54) is 0 Å². The van der Waals surface area contributed by atoms with Crippen molar-refractivity contribution in [2.24, 2.45) is 0 Å². The van der Waals surface area contributed by atoms with Crippen LogP contribution in [0.4, 0.5) is 5.82 Å². The Morgan fingerprint density at radius 2 is 2.10 bits per heavy atom. The molecule has 0 unspecified atom stereocenters. The SMILES string of the molecule is CC(C)Oc1cncc(N2CCCN(CCCl)CC2)n1. The number of alkyl halides is 1. The first kappa shape index (κ1) is 15.3. The van der Waals surface area contributed by atoms with Gasteiger partial charge in [0.2, 0.25) is 5.88 Å². The standard InChI is InChI=1S/C14H23ClN4O/c1-12(2)20-14-11-16-10-13(17-14)19-6-3-5-18(7-4-15)8-9-19/h10-12H,3-9H2,1-2H3. The Balaban J connectivity index is 2.00. The zero-order valence-corrected chi connectivity index (χ0v) is 13.0. The van der Waals surface area contributed by atoms with E-state index in [0.29, 0.717) is 11.8 Å². The van der Waals surface area contributed by atoms with Gasteiger partial charge in [-0.3, -0.25) is 4.98 Å². The van der Waals surface area contributed by atoms with Gasteiger partial charge in [-0.25, -0.2) is 0 Å². The molecule has 2 heterocycles. The molecule has 1 aromatic heterocycles. The van der Waals surface area contributed by atoms with Gasteiger partial charge in [-0.05, 0) is 26.8 Å². The maximum absolute atomic E-state index is 5.82. The Bertz CT molecular complexity index is 416. The fraction of sp³-hybridized carbons (Fsp3) is 0.714. The van der Waals surface area contributed by atoms with Crippen LogP contribution >= 0.6 is 11.6 Å². The second kappa shape index (κ2) is 7.64. The molecular weight excluding hydrogens is 276 g/mol. The first-order valence-electron chi connectivity index (χ1n) is 7.21. The number of hydrogen-bond donors (Lipinski definition) is 0. The van der Waals surface area contributed by atoms with Crippen molar-refractivity contribution in [3.8, 4) is 5.88 Å². The van der Waals surface area contributed by atoms with Crippen LogP contribution in [0.5, 0.6) is 5.88 Å². The Morgan fingerprint density at radius 1 is 1.25 bits per heavy atom. The average Bonchev–Trinajstić information content (AvgIpc) is 2.64. The summed E-state index contributed by atoms with van der Waals surface area (Å²) in [6, 6.07) is 0. The summed E-state index contributed by atoms with van der Waals surface area (Å²) in [5.74, 6) is 2.19. The number of ether oxygens (including phenoxy) is 1. The zero-order valence-electron chi connectivity index (χ0n) is 12.3. The van der Waals surface area contributed by atoms with E-state index in [-0.39, 0.29) is 6.10 Å². The maximum atomic E-state index is 5.82. The van der Waals surface area contributed by atoms with Crippen molar-refractivity contribution in [3.05, 3.63) is 12.4 Å². The van der Waals surface area contributed by atoms with E-state index in [1.54, 1.807) is 6.20 Å². The van der Waals surface area contributed by atoms with Crippen LogP contribution in [0.25, 0.3) is 0 Å². The number of anilines is 1. The molecule has 0 aliphatic carbocycles. The number of halogens is 1. The molecule has 0 radical (unpaired) electrons. The lowest BCUT2D eigenvalue weighted by Gasteiger charge is -2.22. The molecule has 0 N–H and O–H groups in total. The van der Waals surface area contributed by atoms with Crippen molar-refractivity contribution in [2.75, 3.05) is 43.5 Å². The second-order valence-electron chi connectivity index (χ2n) is 5.25. The Hall–Kier alpha value is -1.07. The summed E-state index contributed by atoms with van der Waals surface area (Å²) in [6.45, 7) is 9.00. The van der Waals surface area contributed by atoms with Gasteiger partial charge in [0, 0.05) is 32.1 Å². The molecule has 0 spiro atoms. The molecule has 1 aromatic rings. The average molecular weight is 299 g/mol. The minimum atomic E-state index is 0.114. The highest BCUT2D eigenvalue weighted by atomic mass is 35.5. The molecule has 1 aliphatic rings. The van der Waals surface area contributed by atoms with E-state index in [4.69, 9.17) is 16.3 Å². The molecule has 112 valence electrons. The quantitative estimate of drug-likeness (QED) is 0.778. The summed E-state index contributed by atoms with van der Waals surface area (Å²) < 4.78 is 5.61. The van der Waals surface area contributed by atoms with Crippen LogP contribution < -0.4 is 9.64 Å². The normalized spacial score (nSPS) is 17.3. The van der Waals surface area contributed by atoms with Gasteiger partial charge in [-0.1, -0.05) is 0 Å². The zero-order chi connectivity index (χ0) is 14.4. The van der Waals surface area contributed by atoms with Gasteiger partial charge in [0.1, 0.15) is 0 Å². The second-order valence-corrected chi connectivity index (χ2v) is 5.63. The Morgan fingerprint density at radius 3 is 2.85 bits per heavy atom. The largest absolute Gasteiger partial charge is 0.474 e. The molecule has 0 saturated carbocycles. The van der Waals surface area contributed by atoms with Gasteiger partial charge in [0.05, 0.1) is 18.5 Å². The smallest absolute Gasteiger partial charge is 0.234 e. The number of rotatable bonds is 5. The van der Waals surface area contributed by atoms with Gasteiger partial charge < -0.3 is 14.5 Å². The van der Waals surface area contributed by atoms with Crippen LogP contribution in [0, 0.1) is 0 Å². The molecule has 0 aromatic carbocycles. The number of nitrogens with zero attached hydrogens (tertiary/aromatic N) is 4. The van der Waals surface area contributed by atoms with Crippen LogP contribution in [-0.4, -0.2) is 59.6 Å². The molecule has 0 amide bonds. The molecule has 1 fully saturated rings. The van der Waals surface area contributed by atoms with Crippen molar-refractivity contribution < 1.29 is 4.74 Å². The molecule has 2 rings (SSSR count). The van der Waals surface area contributed by atoms with Gasteiger partial charge >= 0.3 is 0 Å². The van der Waals surface area contributed by atoms with Gasteiger partial charge in [-0.2, -0.15) is 4.98 Å².